The lowest BCUT2D eigenvalue weighted by molar-refractivity contribution is 0.190. The third-order valence-electron chi connectivity index (χ3n) is 2.69. The van der Waals surface area contributed by atoms with Crippen LogP contribution in [0.15, 0.2) is 42.5 Å². The lowest BCUT2D eigenvalue weighted by Gasteiger charge is -2.13. The number of aliphatic hydroxyl groups excluding tert-OH is 1. The van der Waals surface area contributed by atoms with Crippen LogP contribution < -0.4 is 4.74 Å². The number of ether oxygens (including phenoxy) is 1. The molecule has 3 heteroatoms. The summed E-state index contributed by atoms with van der Waals surface area (Å²) >= 11 is 0. The zero-order valence-corrected chi connectivity index (χ0v) is 10.6. The number of hydrogen-bond acceptors (Lipinski definition) is 3. The molecule has 0 bridgehead atoms. The maximum Gasteiger partial charge on any atom is 0.130 e. The minimum Gasteiger partial charge on any atom is -0.487 e. The number of rotatable bonds is 4. The molecule has 0 unspecified atom stereocenters. The molecule has 1 atom stereocenters. The second kappa shape index (κ2) is 5.65. The third-order valence-corrected chi connectivity index (χ3v) is 2.69. The van der Waals surface area contributed by atoms with Gasteiger partial charge in [0.15, 0.2) is 0 Å². The van der Waals surface area contributed by atoms with Crippen LogP contribution >= 0.6 is 0 Å². The van der Waals surface area contributed by atoms with Gasteiger partial charge in [-0.1, -0.05) is 24.3 Å². The van der Waals surface area contributed by atoms with Crippen molar-refractivity contribution in [3.8, 4) is 5.75 Å². The molecule has 0 fully saturated rings. The predicted molar refractivity (Wildman–Crippen MR) is 70.4 cm³/mol. The van der Waals surface area contributed by atoms with Crippen molar-refractivity contribution >= 4 is 0 Å². The number of aromatic nitrogens is 1. The van der Waals surface area contributed by atoms with E-state index >= 15 is 0 Å². The smallest absolute Gasteiger partial charge is 0.130 e. The molecule has 1 heterocycles. The Balaban J connectivity index is 2.11. The number of nitrogens with zero attached hydrogens (tertiary/aromatic N) is 1. The molecular weight excluding hydrogens is 226 g/mol. The van der Waals surface area contributed by atoms with Crippen molar-refractivity contribution in [1.29, 1.82) is 0 Å². The van der Waals surface area contributed by atoms with Crippen LogP contribution in [0, 0.1) is 6.92 Å². The first-order valence-corrected chi connectivity index (χ1v) is 5.99. The summed E-state index contributed by atoms with van der Waals surface area (Å²) in [6, 6.07) is 13.3. The van der Waals surface area contributed by atoms with Crippen molar-refractivity contribution in [3.63, 3.8) is 0 Å². The van der Waals surface area contributed by atoms with Crippen LogP contribution in [-0.4, -0.2) is 10.1 Å². The van der Waals surface area contributed by atoms with E-state index in [2.05, 4.69) is 4.98 Å². The topological polar surface area (TPSA) is 42.4 Å². The van der Waals surface area contributed by atoms with E-state index in [0.717, 1.165) is 17.0 Å². The number of hydrogen-bond donors (Lipinski definition) is 1. The molecule has 94 valence electrons. The van der Waals surface area contributed by atoms with Crippen LogP contribution in [-0.2, 0) is 6.61 Å². The molecule has 0 aliphatic rings. The summed E-state index contributed by atoms with van der Waals surface area (Å²) in [5, 5.41) is 9.65. The van der Waals surface area contributed by atoms with Crippen LogP contribution in [0.5, 0.6) is 5.75 Å². The zero-order valence-electron chi connectivity index (χ0n) is 10.6. The summed E-state index contributed by atoms with van der Waals surface area (Å²) in [4.78, 5) is 4.38. The van der Waals surface area contributed by atoms with E-state index < -0.39 is 6.10 Å². The highest BCUT2D eigenvalue weighted by atomic mass is 16.5. The summed E-state index contributed by atoms with van der Waals surface area (Å²) in [5.41, 5.74) is 2.65. The van der Waals surface area contributed by atoms with E-state index in [4.69, 9.17) is 4.74 Å². The summed E-state index contributed by atoms with van der Waals surface area (Å²) in [6.45, 7) is 4.09. The molecule has 0 aliphatic carbocycles. The van der Waals surface area contributed by atoms with Gasteiger partial charge in [-0.15, -0.1) is 0 Å². The SMILES string of the molecule is Cc1cccc(COc2ccccc2[C@H](C)O)n1. The Hall–Kier alpha value is -1.87. The molecule has 3 nitrogen and oxygen atoms in total. The lowest BCUT2D eigenvalue weighted by atomic mass is 10.1. The van der Waals surface area contributed by atoms with Gasteiger partial charge >= 0.3 is 0 Å². The van der Waals surface area contributed by atoms with Crippen molar-refractivity contribution in [2.75, 3.05) is 0 Å². The van der Waals surface area contributed by atoms with Gasteiger partial charge in [0.25, 0.3) is 0 Å². The maximum absolute atomic E-state index is 9.65. The molecule has 1 aromatic heterocycles. The van der Waals surface area contributed by atoms with E-state index in [1.807, 2.05) is 49.4 Å². The first-order valence-electron chi connectivity index (χ1n) is 5.99. The number of pyridine rings is 1. The highest BCUT2D eigenvalue weighted by molar-refractivity contribution is 5.34. The summed E-state index contributed by atoms with van der Waals surface area (Å²) in [6.07, 6.45) is -0.535. The van der Waals surface area contributed by atoms with Crippen molar-refractivity contribution in [2.24, 2.45) is 0 Å². The zero-order chi connectivity index (χ0) is 13.0. The quantitative estimate of drug-likeness (QED) is 0.897. The van der Waals surface area contributed by atoms with Gasteiger partial charge in [-0.25, -0.2) is 0 Å². The van der Waals surface area contributed by atoms with Gasteiger partial charge < -0.3 is 9.84 Å². The lowest BCUT2D eigenvalue weighted by Crippen LogP contribution is -2.02. The fraction of sp³-hybridized carbons (Fsp3) is 0.267. The van der Waals surface area contributed by atoms with Crippen LogP contribution in [0.25, 0.3) is 0 Å². The van der Waals surface area contributed by atoms with Crippen LogP contribution in [0.4, 0.5) is 0 Å². The minimum atomic E-state index is -0.535. The Morgan fingerprint density at radius 2 is 1.94 bits per heavy atom. The van der Waals surface area contributed by atoms with E-state index in [9.17, 15) is 5.11 Å². The second-order valence-electron chi connectivity index (χ2n) is 4.27. The number of aliphatic hydroxyl groups is 1. The fourth-order valence-corrected chi connectivity index (χ4v) is 1.79. The van der Waals surface area contributed by atoms with E-state index in [0.29, 0.717) is 12.4 Å². The Kier molecular flexibility index (Phi) is 3.95. The molecule has 2 aromatic rings. The van der Waals surface area contributed by atoms with Gasteiger partial charge in [0.05, 0.1) is 11.8 Å². The molecule has 18 heavy (non-hydrogen) atoms. The Morgan fingerprint density at radius 1 is 1.17 bits per heavy atom. The van der Waals surface area contributed by atoms with Crippen molar-refractivity contribution in [1.82, 2.24) is 4.98 Å². The second-order valence-corrected chi connectivity index (χ2v) is 4.27. The summed E-state index contributed by atoms with van der Waals surface area (Å²) < 4.78 is 5.72. The molecule has 1 aromatic carbocycles. The molecule has 0 amide bonds. The van der Waals surface area contributed by atoms with Crippen LogP contribution in [0.1, 0.15) is 30.0 Å². The molecule has 1 N–H and O–H groups in total. The van der Waals surface area contributed by atoms with Gasteiger partial charge in [0.2, 0.25) is 0 Å². The number of para-hydroxylation sites is 1. The molecule has 0 radical (unpaired) electrons. The number of benzene rings is 1. The van der Waals surface area contributed by atoms with Crippen molar-refractivity contribution < 1.29 is 9.84 Å². The van der Waals surface area contributed by atoms with Crippen LogP contribution in [0.2, 0.25) is 0 Å². The fourth-order valence-electron chi connectivity index (χ4n) is 1.79. The van der Waals surface area contributed by atoms with Gasteiger partial charge in [-0.2, -0.15) is 0 Å². The van der Waals surface area contributed by atoms with E-state index in [-0.39, 0.29) is 0 Å². The summed E-state index contributed by atoms with van der Waals surface area (Å²) in [5.74, 6) is 0.704. The first-order chi connectivity index (χ1) is 8.66. The van der Waals surface area contributed by atoms with Gasteiger partial charge in [0.1, 0.15) is 12.4 Å². The van der Waals surface area contributed by atoms with E-state index in [1.54, 1.807) is 6.92 Å². The van der Waals surface area contributed by atoms with Crippen molar-refractivity contribution in [3.05, 3.63) is 59.4 Å². The van der Waals surface area contributed by atoms with E-state index in [1.165, 1.54) is 0 Å². The normalized spacial score (nSPS) is 12.2. The molecule has 2 rings (SSSR count). The highest BCUT2D eigenvalue weighted by Crippen LogP contribution is 2.25. The monoisotopic (exact) mass is 243 g/mol. The van der Waals surface area contributed by atoms with Crippen LogP contribution in [0.3, 0.4) is 0 Å². The largest absolute Gasteiger partial charge is 0.487 e. The highest BCUT2D eigenvalue weighted by Gasteiger charge is 2.08. The Bertz CT molecular complexity index is 523. The number of aryl methyl sites for hydroxylation is 1. The van der Waals surface area contributed by atoms with Gasteiger partial charge in [-0.05, 0) is 32.0 Å². The molecule has 0 saturated heterocycles. The average Bonchev–Trinajstić information content (AvgIpc) is 2.37. The van der Waals surface area contributed by atoms with Gasteiger partial charge in [-0.3, -0.25) is 4.98 Å². The standard InChI is InChI=1S/C15H17NO2/c1-11-6-5-7-13(16-11)10-18-15-9-4-3-8-14(15)12(2)17/h3-9,12,17H,10H2,1-2H3/t12-/m0/s1. The maximum atomic E-state index is 9.65. The predicted octanol–water partition coefficient (Wildman–Crippen LogP) is 3.02. The first kappa shape index (κ1) is 12.6. The average molecular weight is 243 g/mol. The van der Waals surface area contributed by atoms with Crippen molar-refractivity contribution in [2.45, 2.75) is 26.6 Å². The molecule has 0 saturated carbocycles. The van der Waals surface area contributed by atoms with Gasteiger partial charge in [0, 0.05) is 11.3 Å². The molecular formula is C15H17NO2. The molecule has 0 spiro atoms. The molecule has 0 aliphatic heterocycles. The summed E-state index contributed by atoms with van der Waals surface area (Å²) in [7, 11) is 0. The Labute approximate surface area is 107 Å². The minimum absolute atomic E-state index is 0.408. The third kappa shape index (κ3) is 3.08. The Morgan fingerprint density at radius 3 is 2.67 bits per heavy atom.